The molecule has 1 aromatic rings. The Labute approximate surface area is 115 Å². The molecule has 0 bridgehead atoms. The van der Waals surface area contributed by atoms with E-state index in [0.29, 0.717) is 5.92 Å². The lowest BCUT2D eigenvalue weighted by atomic mass is 9.95. The van der Waals surface area contributed by atoms with E-state index in [-0.39, 0.29) is 5.91 Å². The van der Waals surface area contributed by atoms with Crippen molar-refractivity contribution in [1.82, 2.24) is 5.32 Å². The van der Waals surface area contributed by atoms with Crippen molar-refractivity contribution >= 4 is 17.3 Å². The van der Waals surface area contributed by atoms with Crippen LogP contribution in [0.15, 0.2) is 18.2 Å². The molecule has 104 valence electrons. The highest BCUT2D eigenvalue weighted by molar-refractivity contribution is 5.72. The van der Waals surface area contributed by atoms with E-state index in [0.717, 1.165) is 38.2 Å². The number of hydrogen-bond donors (Lipinski definition) is 2. The highest BCUT2D eigenvalue weighted by Gasteiger charge is 2.20. The van der Waals surface area contributed by atoms with Gasteiger partial charge in [0, 0.05) is 37.9 Å². The Morgan fingerprint density at radius 3 is 2.74 bits per heavy atom. The minimum absolute atomic E-state index is 0.0640. The second-order valence-corrected chi connectivity index (χ2v) is 5.36. The van der Waals surface area contributed by atoms with Crippen molar-refractivity contribution in [3.8, 4) is 0 Å². The zero-order chi connectivity index (χ0) is 13.8. The van der Waals surface area contributed by atoms with Crippen molar-refractivity contribution in [3.63, 3.8) is 0 Å². The molecule has 0 aliphatic carbocycles. The molecule has 0 atom stereocenters. The molecule has 2 rings (SSSR count). The average molecular weight is 261 g/mol. The smallest absolute Gasteiger partial charge is 0.216 e. The van der Waals surface area contributed by atoms with Gasteiger partial charge in [0.1, 0.15) is 0 Å². The predicted molar refractivity (Wildman–Crippen MR) is 79.2 cm³/mol. The monoisotopic (exact) mass is 261 g/mol. The van der Waals surface area contributed by atoms with Gasteiger partial charge in [0.2, 0.25) is 5.91 Å². The van der Waals surface area contributed by atoms with Crippen molar-refractivity contribution < 1.29 is 4.79 Å². The number of amides is 1. The van der Waals surface area contributed by atoms with Crippen molar-refractivity contribution in [2.45, 2.75) is 26.7 Å². The van der Waals surface area contributed by atoms with E-state index in [1.807, 2.05) is 12.1 Å². The summed E-state index contributed by atoms with van der Waals surface area (Å²) in [5, 5.41) is 2.91. The van der Waals surface area contributed by atoms with Gasteiger partial charge in [-0.15, -0.1) is 0 Å². The van der Waals surface area contributed by atoms with E-state index in [4.69, 9.17) is 5.73 Å². The van der Waals surface area contributed by atoms with Crippen LogP contribution in [0, 0.1) is 12.8 Å². The van der Waals surface area contributed by atoms with Crippen molar-refractivity contribution in [2.24, 2.45) is 5.92 Å². The SMILES string of the molecule is CC(=O)NCC1CCN(c2cccc(N)c2C)CC1. The Bertz CT molecular complexity index is 451. The number of anilines is 2. The Hall–Kier alpha value is -1.71. The van der Waals surface area contributed by atoms with Crippen LogP contribution in [0.25, 0.3) is 0 Å². The van der Waals surface area contributed by atoms with Gasteiger partial charge in [0.05, 0.1) is 0 Å². The molecule has 3 N–H and O–H groups in total. The molecule has 1 aromatic carbocycles. The van der Waals surface area contributed by atoms with E-state index in [9.17, 15) is 4.79 Å². The van der Waals surface area contributed by atoms with Gasteiger partial charge in [-0.05, 0) is 43.4 Å². The standard InChI is InChI=1S/C15H23N3O/c1-11-14(16)4-3-5-15(11)18-8-6-13(7-9-18)10-17-12(2)19/h3-5,13H,6-10,16H2,1-2H3,(H,17,19). The van der Waals surface area contributed by atoms with Crippen molar-refractivity contribution in [3.05, 3.63) is 23.8 Å². The normalized spacial score (nSPS) is 16.4. The highest BCUT2D eigenvalue weighted by atomic mass is 16.1. The van der Waals surface area contributed by atoms with Crippen LogP contribution >= 0.6 is 0 Å². The highest BCUT2D eigenvalue weighted by Crippen LogP contribution is 2.28. The molecule has 0 spiro atoms. The van der Waals surface area contributed by atoms with Gasteiger partial charge in [0.15, 0.2) is 0 Å². The van der Waals surface area contributed by atoms with Gasteiger partial charge in [-0.1, -0.05) is 6.07 Å². The van der Waals surface area contributed by atoms with E-state index in [2.05, 4.69) is 23.2 Å². The van der Waals surface area contributed by atoms with E-state index in [1.54, 1.807) is 6.92 Å². The summed E-state index contributed by atoms with van der Waals surface area (Å²) in [6, 6.07) is 6.10. The number of nitrogens with two attached hydrogens (primary N) is 1. The third-order valence-electron chi connectivity index (χ3n) is 3.94. The first-order valence-corrected chi connectivity index (χ1v) is 6.92. The van der Waals surface area contributed by atoms with Crippen LogP contribution in [0.5, 0.6) is 0 Å². The van der Waals surface area contributed by atoms with Crippen LogP contribution in [0.3, 0.4) is 0 Å². The molecule has 1 heterocycles. The molecule has 1 aliphatic heterocycles. The van der Waals surface area contributed by atoms with Gasteiger partial charge in [0.25, 0.3) is 0 Å². The molecular weight excluding hydrogens is 238 g/mol. The average Bonchev–Trinajstić information content (AvgIpc) is 2.40. The van der Waals surface area contributed by atoms with Crippen LogP contribution in [0.4, 0.5) is 11.4 Å². The first-order valence-electron chi connectivity index (χ1n) is 6.92. The maximum Gasteiger partial charge on any atom is 0.216 e. The number of hydrogen-bond acceptors (Lipinski definition) is 3. The summed E-state index contributed by atoms with van der Waals surface area (Å²) < 4.78 is 0. The molecule has 4 heteroatoms. The number of carbonyl (C=O) groups is 1. The zero-order valence-corrected chi connectivity index (χ0v) is 11.8. The van der Waals surface area contributed by atoms with Crippen molar-refractivity contribution in [1.29, 1.82) is 0 Å². The van der Waals surface area contributed by atoms with Crippen LogP contribution in [-0.2, 0) is 4.79 Å². The second kappa shape index (κ2) is 5.95. The summed E-state index contributed by atoms with van der Waals surface area (Å²) in [6.07, 6.45) is 2.24. The first-order chi connectivity index (χ1) is 9.08. The zero-order valence-electron chi connectivity index (χ0n) is 11.8. The maximum atomic E-state index is 10.9. The summed E-state index contributed by atoms with van der Waals surface area (Å²) in [5.41, 5.74) is 9.24. The Kier molecular flexibility index (Phi) is 4.30. The van der Waals surface area contributed by atoms with E-state index in [1.165, 1.54) is 11.3 Å². The third kappa shape index (κ3) is 3.40. The number of carbonyl (C=O) groups excluding carboxylic acids is 1. The Morgan fingerprint density at radius 1 is 1.42 bits per heavy atom. The molecule has 0 radical (unpaired) electrons. The molecule has 0 saturated carbocycles. The molecule has 1 aliphatic rings. The van der Waals surface area contributed by atoms with E-state index >= 15 is 0 Å². The fourth-order valence-corrected chi connectivity index (χ4v) is 2.65. The fraction of sp³-hybridized carbons (Fsp3) is 0.533. The van der Waals surface area contributed by atoms with Crippen LogP contribution in [0.1, 0.15) is 25.3 Å². The molecular formula is C15H23N3O. The minimum Gasteiger partial charge on any atom is -0.398 e. The first kappa shape index (κ1) is 13.7. The second-order valence-electron chi connectivity index (χ2n) is 5.36. The van der Waals surface area contributed by atoms with Gasteiger partial charge >= 0.3 is 0 Å². The quantitative estimate of drug-likeness (QED) is 0.817. The number of nitrogen functional groups attached to an aromatic ring is 1. The molecule has 19 heavy (non-hydrogen) atoms. The summed E-state index contributed by atoms with van der Waals surface area (Å²) in [5.74, 6) is 0.663. The van der Waals surface area contributed by atoms with Gasteiger partial charge in [-0.3, -0.25) is 4.79 Å². The van der Waals surface area contributed by atoms with Gasteiger partial charge in [-0.25, -0.2) is 0 Å². The molecule has 1 fully saturated rings. The predicted octanol–water partition coefficient (Wildman–Crippen LogP) is 1.93. The largest absolute Gasteiger partial charge is 0.398 e. The molecule has 1 saturated heterocycles. The third-order valence-corrected chi connectivity index (χ3v) is 3.94. The maximum absolute atomic E-state index is 10.9. The summed E-state index contributed by atoms with van der Waals surface area (Å²) in [7, 11) is 0. The van der Waals surface area contributed by atoms with Crippen molar-refractivity contribution in [2.75, 3.05) is 30.3 Å². The topological polar surface area (TPSA) is 58.4 Å². The number of nitrogens with one attached hydrogen (secondary N) is 1. The molecule has 0 unspecified atom stereocenters. The van der Waals surface area contributed by atoms with Gasteiger partial charge in [-0.2, -0.15) is 0 Å². The Balaban J connectivity index is 1.92. The lowest BCUT2D eigenvalue weighted by Gasteiger charge is -2.34. The number of benzene rings is 1. The lowest BCUT2D eigenvalue weighted by molar-refractivity contribution is -0.119. The minimum atomic E-state index is 0.0640. The van der Waals surface area contributed by atoms with Crippen LogP contribution < -0.4 is 16.0 Å². The molecule has 0 aromatic heterocycles. The summed E-state index contributed by atoms with van der Waals surface area (Å²) >= 11 is 0. The summed E-state index contributed by atoms with van der Waals surface area (Å²) in [4.78, 5) is 13.3. The van der Waals surface area contributed by atoms with Crippen LogP contribution in [0.2, 0.25) is 0 Å². The van der Waals surface area contributed by atoms with Crippen LogP contribution in [-0.4, -0.2) is 25.5 Å². The Morgan fingerprint density at radius 2 is 2.11 bits per heavy atom. The molecule has 4 nitrogen and oxygen atoms in total. The van der Waals surface area contributed by atoms with E-state index < -0.39 is 0 Å². The number of rotatable bonds is 3. The fourth-order valence-electron chi connectivity index (χ4n) is 2.65. The number of nitrogens with zero attached hydrogens (tertiary/aromatic N) is 1. The lowest BCUT2D eigenvalue weighted by Crippen LogP contribution is -2.38. The number of piperidine rings is 1. The van der Waals surface area contributed by atoms with Gasteiger partial charge < -0.3 is 16.0 Å². The molecule has 1 amide bonds. The summed E-state index contributed by atoms with van der Waals surface area (Å²) in [6.45, 7) is 6.53.